The van der Waals surface area contributed by atoms with Crippen molar-refractivity contribution in [3.8, 4) is 0 Å². The second-order valence-corrected chi connectivity index (χ2v) is 7.52. The first kappa shape index (κ1) is 18.9. The fraction of sp³-hybridized carbons (Fsp3) is 0.211. The minimum absolute atomic E-state index is 0.139. The lowest BCUT2D eigenvalue weighted by Crippen LogP contribution is -2.31. The number of hydrogen-bond acceptors (Lipinski definition) is 4. The molecular formula is C19H17FN2O4S. The molecular weight excluding hydrogens is 371 g/mol. The molecule has 2 aromatic carbocycles. The summed E-state index contributed by atoms with van der Waals surface area (Å²) < 4.78 is 13.1. The normalized spacial score (nSPS) is 16.8. The van der Waals surface area contributed by atoms with E-state index in [0.29, 0.717) is 16.8 Å². The minimum Gasteiger partial charge on any atom is -0.481 e. The molecule has 2 aromatic rings. The summed E-state index contributed by atoms with van der Waals surface area (Å²) in [6, 6.07) is 9.41. The monoisotopic (exact) mass is 388 g/mol. The third kappa shape index (κ3) is 4.46. The first-order valence-electron chi connectivity index (χ1n) is 8.23. The Hall–Kier alpha value is -2.87. The molecule has 0 aliphatic carbocycles. The van der Waals surface area contributed by atoms with Gasteiger partial charge in [-0.2, -0.15) is 0 Å². The first-order valence-corrected chi connectivity index (χ1v) is 9.11. The number of aliphatic carboxylic acids is 1. The van der Waals surface area contributed by atoms with Crippen molar-refractivity contribution in [3.05, 3.63) is 59.4 Å². The van der Waals surface area contributed by atoms with Gasteiger partial charge in [0, 0.05) is 10.5 Å². The topological polar surface area (TPSA) is 95.5 Å². The van der Waals surface area contributed by atoms with Crippen LogP contribution in [0.5, 0.6) is 0 Å². The van der Waals surface area contributed by atoms with Crippen LogP contribution in [0.3, 0.4) is 0 Å². The van der Waals surface area contributed by atoms with E-state index in [1.807, 2.05) is 0 Å². The molecule has 0 bridgehead atoms. The molecule has 27 heavy (non-hydrogen) atoms. The number of halogens is 1. The zero-order chi connectivity index (χ0) is 19.6. The Labute approximate surface area is 159 Å². The predicted molar refractivity (Wildman–Crippen MR) is 99.3 cm³/mol. The summed E-state index contributed by atoms with van der Waals surface area (Å²) in [5, 5.41) is 14.3. The van der Waals surface area contributed by atoms with Crippen LogP contribution < -0.4 is 10.6 Å². The molecule has 0 spiro atoms. The van der Waals surface area contributed by atoms with Crippen molar-refractivity contribution < 1.29 is 23.9 Å². The van der Waals surface area contributed by atoms with Gasteiger partial charge in [-0.05, 0) is 42.8 Å². The molecule has 0 saturated heterocycles. The van der Waals surface area contributed by atoms with Gasteiger partial charge in [0.25, 0.3) is 5.91 Å². The Morgan fingerprint density at radius 1 is 1.26 bits per heavy atom. The summed E-state index contributed by atoms with van der Waals surface area (Å²) in [6.45, 7) is 1.79. The zero-order valence-corrected chi connectivity index (χ0v) is 15.2. The minimum atomic E-state index is -1.09. The van der Waals surface area contributed by atoms with Crippen LogP contribution in [0, 0.1) is 5.82 Å². The van der Waals surface area contributed by atoms with Gasteiger partial charge >= 0.3 is 5.97 Å². The van der Waals surface area contributed by atoms with Crippen LogP contribution in [0.4, 0.5) is 10.1 Å². The summed E-state index contributed by atoms with van der Waals surface area (Å²) in [7, 11) is 0. The van der Waals surface area contributed by atoms with Gasteiger partial charge < -0.3 is 15.7 Å². The van der Waals surface area contributed by atoms with E-state index in [4.69, 9.17) is 5.11 Å². The van der Waals surface area contributed by atoms with Crippen molar-refractivity contribution >= 4 is 35.2 Å². The van der Waals surface area contributed by atoms with Crippen LogP contribution in [0.15, 0.2) is 47.4 Å². The number of carbonyl (C=O) groups excluding carboxylic acids is 2. The highest BCUT2D eigenvalue weighted by Crippen LogP contribution is 2.36. The first-order chi connectivity index (χ1) is 12.8. The molecule has 2 atom stereocenters. The molecule has 3 rings (SSSR count). The lowest BCUT2D eigenvalue weighted by Gasteiger charge is -2.22. The number of benzene rings is 2. The highest BCUT2D eigenvalue weighted by atomic mass is 32.2. The Balaban J connectivity index is 1.81. The summed E-state index contributed by atoms with van der Waals surface area (Å²) in [6.07, 6.45) is -0.341. The lowest BCUT2D eigenvalue weighted by molar-refractivity contribution is -0.137. The Morgan fingerprint density at radius 2 is 1.96 bits per heavy atom. The van der Waals surface area contributed by atoms with E-state index >= 15 is 0 Å². The van der Waals surface area contributed by atoms with Crippen LogP contribution in [-0.2, 0) is 9.59 Å². The van der Waals surface area contributed by atoms with Crippen LogP contribution in [0.25, 0.3) is 0 Å². The predicted octanol–water partition coefficient (Wildman–Crippen LogP) is 3.20. The van der Waals surface area contributed by atoms with Crippen LogP contribution in [0.2, 0.25) is 0 Å². The van der Waals surface area contributed by atoms with Gasteiger partial charge in [0.05, 0.1) is 23.4 Å². The number of carboxylic acid groups (broad SMARTS) is 1. The maximum atomic E-state index is 13.1. The number of nitrogens with one attached hydrogen (secondary N) is 2. The second kappa shape index (κ2) is 7.79. The molecule has 0 aromatic heterocycles. The van der Waals surface area contributed by atoms with Crippen molar-refractivity contribution in [2.45, 2.75) is 29.5 Å². The smallest absolute Gasteiger partial charge is 0.305 e. The quantitative estimate of drug-likeness (QED) is 0.731. The van der Waals surface area contributed by atoms with Gasteiger partial charge in [-0.3, -0.25) is 14.4 Å². The summed E-state index contributed by atoms with van der Waals surface area (Å²) in [4.78, 5) is 36.4. The molecule has 6 nitrogen and oxygen atoms in total. The molecule has 8 heteroatoms. The van der Waals surface area contributed by atoms with E-state index in [1.54, 1.807) is 25.1 Å². The van der Waals surface area contributed by atoms with Crippen molar-refractivity contribution in [2.24, 2.45) is 0 Å². The van der Waals surface area contributed by atoms with Gasteiger partial charge in [0.2, 0.25) is 5.91 Å². The third-order valence-electron chi connectivity index (χ3n) is 4.13. The molecule has 140 valence electrons. The Morgan fingerprint density at radius 3 is 2.63 bits per heavy atom. The Kier molecular flexibility index (Phi) is 5.46. The number of fused-ring (bicyclic) bond motifs is 1. The molecule has 0 unspecified atom stereocenters. The van der Waals surface area contributed by atoms with E-state index in [-0.39, 0.29) is 17.6 Å². The van der Waals surface area contributed by atoms with Crippen molar-refractivity contribution in [2.75, 3.05) is 5.32 Å². The van der Waals surface area contributed by atoms with Gasteiger partial charge in [-0.1, -0.05) is 12.1 Å². The maximum absolute atomic E-state index is 13.1. The van der Waals surface area contributed by atoms with E-state index in [0.717, 1.165) is 4.90 Å². The number of carboxylic acids is 1. The van der Waals surface area contributed by atoms with Crippen molar-refractivity contribution in [1.29, 1.82) is 0 Å². The summed E-state index contributed by atoms with van der Waals surface area (Å²) >= 11 is 1.40. The number of thioether (sulfide) groups is 1. The number of rotatable bonds is 5. The number of hydrogen-bond donors (Lipinski definition) is 3. The molecule has 1 aliphatic heterocycles. The highest BCUT2D eigenvalue weighted by molar-refractivity contribution is 8.00. The summed E-state index contributed by atoms with van der Waals surface area (Å²) in [5.41, 5.74) is 1.33. The van der Waals surface area contributed by atoms with E-state index in [1.165, 1.54) is 36.0 Å². The van der Waals surface area contributed by atoms with E-state index < -0.39 is 23.7 Å². The van der Waals surface area contributed by atoms with Crippen LogP contribution in [0.1, 0.15) is 35.3 Å². The molecule has 0 fully saturated rings. The standard InChI is InChI=1S/C19H17FN2O4S/c1-10-18(25)22-15-8-12(4-7-16(15)27-10)19(26)21-14(9-17(23)24)11-2-5-13(20)6-3-11/h2-8,10,14H,9H2,1H3,(H,21,26)(H,22,25)(H,23,24)/t10-,14-/m1/s1. The van der Waals surface area contributed by atoms with E-state index in [9.17, 15) is 18.8 Å². The maximum Gasteiger partial charge on any atom is 0.305 e. The van der Waals surface area contributed by atoms with E-state index in [2.05, 4.69) is 10.6 Å². The lowest BCUT2D eigenvalue weighted by atomic mass is 10.0. The molecule has 0 radical (unpaired) electrons. The third-order valence-corrected chi connectivity index (χ3v) is 5.31. The average molecular weight is 388 g/mol. The SMILES string of the molecule is C[C@H]1Sc2ccc(C(=O)N[C@H](CC(=O)O)c3ccc(F)cc3)cc2NC1=O. The van der Waals surface area contributed by atoms with Crippen molar-refractivity contribution in [1.82, 2.24) is 5.32 Å². The van der Waals surface area contributed by atoms with Crippen LogP contribution in [-0.4, -0.2) is 28.1 Å². The largest absolute Gasteiger partial charge is 0.481 e. The fourth-order valence-electron chi connectivity index (χ4n) is 2.71. The average Bonchev–Trinajstić information content (AvgIpc) is 2.62. The van der Waals surface area contributed by atoms with Gasteiger partial charge in [-0.15, -0.1) is 11.8 Å². The van der Waals surface area contributed by atoms with Gasteiger partial charge in [0.1, 0.15) is 5.82 Å². The fourth-order valence-corrected chi connectivity index (χ4v) is 3.64. The molecule has 2 amide bonds. The van der Waals surface area contributed by atoms with Crippen LogP contribution >= 0.6 is 11.8 Å². The molecule has 3 N–H and O–H groups in total. The number of carbonyl (C=O) groups is 3. The highest BCUT2D eigenvalue weighted by Gasteiger charge is 2.25. The summed E-state index contributed by atoms with van der Waals surface area (Å²) in [5.74, 6) is -2.16. The van der Waals surface area contributed by atoms with Crippen molar-refractivity contribution in [3.63, 3.8) is 0 Å². The number of amides is 2. The molecule has 1 aliphatic rings. The zero-order valence-electron chi connectivity index (χ0n) is 14.4. The molecule has 0 saturated carbocycles. The molecule has 1 heterocycles. The van der Waals surface area contributed by atoms with Gasteiger partial charge in [0.15, 0.2) is 0 Å². The van der Waals surface area contributed by atoms with Gasteiger partial charge in [-0.25, -0.2) is 4.39 Å². The Bertz CT molecular complexity index is 901. The number of anilines is 1. The second-order valence-electron chi connectivity index (χ2n) is 6.14.